The number of aromatic nitrogens is 2. The number of nitrogens with one attached hydrogen (secondary N) is 2. The van der Waals surface area contributed by atoms with Gasteiger partial charge >= 0.3 is 0 Å². The van der Waals surface area contributed by atoms with E-state index in [1.54, 1.807) is 12.5 Å². The van der Waals surface area contributed by atoms with E-state index in [-0.39, 0.29) is 0 Å². The summed E-state index contributed by atoms with van der Waals surface area (Å²) in [7, 11) is 0. The first kappa shape index (κ1) is 6.39. The minimum absolute atomic E-state index is 0.452. The Bertz CT molecular complexity index is 260. The third-order valence-corrected chi connectivity index (χ3v) is 1.69. The van der Waals surface area contributed by atoms with Gasteiger partial charge in [0.05, 0.1) is 11.9 Å². The molecule has 2 heterocycles. The fourth-order valence-corrected chi connectivity index (χ4v) is 1.14. The van der Waals surface area contributed by atoms with E-state index < -0.39 is 0 Å². The van der Waals surface area contributed by atoms with Gasteiger partial charge < -0.3 is 10.6 Å². The Morgan fingerprint density at radius 3 is 3.45 bits per heavy atom. The van der Waals surface area contributed by atoms with E-state index in [2.05, 4.69) is 27.5 Å². The van der Waals surface area contributed by atoms with Crippen molar-refractivity contribution in [1.82, 2.24) is 9.97 Å². The number of fused-ring (bicyclic) bond motifs is 1. The SMILES string of the molecule is C[C@@H]1CNc2ncncc2N1. The molecule has 0 radical (unpaired) electrons. The maximum atomic E-state index is 4.07. The van der Waals surface area contributed by atoms with Gasteiger partial charge in [0.2, 0.25) is 0 Å². The van der Waals surface area contributed by atoms with Gasteiger partial charge in [-0.15, -0.1) is 0 Å². The summed E-state index contributed by atoms with van der Waals surface area (Å²) in [5.74, 6) is 0.901. The molecule has 0 fully saturated rings. The molecule has 0 aromatic carbocycles. The Kier molecular flexibility index (Phi) is 1.38. The summed E-state index contributed by atoms with van der Waals surface area (Å²) in [5.41, 5.74) is 0.992. The topological polar surface area (TPSA) is 49.8 Å². The zero-order chi connectivity index (χ0) is 7.68. The van der Waals surface area contributed by atoms with Crippen molar-refractivity contribution < 1.29 is 0 Å². The van der Waals surface area contributed by atoms with Crippen LogP contribution < -0.4 is 10.6 Å². The molecule has 1 atom stereocenters. The molecule has 11 heavy (non-hydrogen) atoms. The van der Waals surface area contributed by atoms with Crippen LogP contribution in [0.1, 0.15) is 6.92 Å². The molecule has 0 saturated carbocycles. The van der Waals surface area contributed by atoms with Crippen molar-refractivity contribution in [2.45, 2.75) is 13.0 Å². The molecule has 1 aromatic rings. The average molecular weight is 150 g/mol. The summed E-state index contributed by atoms with van der Waals surface area (Å²) in [6.07, 6.45) is 3.33. The van der Waals surface area contributed by atoms with Crippen LogP contribution in [0.25, 0.3) is 0 Å². The molecule has 0 unspecified atom stereocenters. The highest BCUT2D eigenvalue weighted by Gasteiger charge is 2.12. The van der Waals surface area contributed by atoms with Gasteiger partial charge in [-0.2, -0.15) is 0 Å². The molecule has 0 aliphatic carbocycles. The molecule has 1 aliphatic rings. The quantitative estimate of drug-likeness (QED) is 0.571. The molecule has 0 saturated heterocycles. The van der Waals surface area contributed by atoms with Crippen molar-refractivity contribution in [2.75, 3.05) is 17.2 Å². The molecule has 2 rings (SSSR count). The number of nitrogens with zero attached hydrogens (tertiary/aromatic N) is 2. The second-order valence-electron chi connectivity index (χ2n) is 2.71. The summed E-state index contributed by atoms with van der Waals surface area (Å²) in [6, 6.07) is 0.452. The molecule has 2 N–H and O–H groups in total. The average Bonchev–Trinajstić information content (AvgIpc) is 2.04. The molecular weight excluding hydrogens is 140 g/mol. The normalized spacial score (nSPS) is 21.4. The van der Waals surface area contributed by atoms with Gasteiger partial charge in [0, 0.05) is 12.6 Å². The Balaban J connectivity index is 2.34. The number of anilines is 2. The van der Waals surface area contributed by atoms with Gasteiger partial charge in [-0.05, 0) is 6.92 Å². The summed E-state index contributed by atoms with van der Waals surface area (Å²) in [5, 5.41) is 6.47. The minimum Gasteiger partial charge on any atom is -0.377 e. The standard InChI is InChI=1S/C7H10N4/c1-5-2-9-7-6(11-5)3-8-4-10-7/h3-5,11H,2H2,1H3,(H,8,9,10)/t5-/m1/s1. The lowest BCUT2D eigenvalue weighted by atomic mass is 10.2. The molecule has 58 valence electrons. The predicted octanol–water partition coefficient (Wildman–Crippen LogP) is 0.703. The Hall–Kier alpha value is -1.32. The minimum atomic E-state index is 0.452. The van der Waals surface area contributed by atoms with E-state index in [1.807, 2.05) is 0 Å². The first-order valence-corrected chi connectivity index (χ1v) is 3.66. The Labute approximate surface area is 65.1 Å². The third kappa shape index (κ3) is 1.11. The molecule has 0 amide bonds. The monoisotopic (exact) mass is 150 g/mol. The van der Waals surface area contributed by atoms with Crippen LogP contribution in [0, 0.1) is 0 Å². The van der Waals surface area contributed by atoms with Crippen molar-refractivity contribution in [3.63, 3.8) is 0 Å². The van der Waals surface area contributed by atoms with Crippen molar-refractivity contribution in [2.24, 2.45) is 0 Å². The van der Waals surface area contributed by atoms with Crippen molar-refractivity contribution in [1.29, 1.82) is 0 Å². The smallest absolute Gasteiger partial charge is 0.152 e. The molecule has 4 nitrogen and oxygen atoms in total. The number of rotatable bonds is 0. The van der Waals surface area contributed by atoms with Gasteiger partial charge in [-0.3, -0.25) is 0 Å². The molecule has 0 bridgehead atoms. The number of hydrogen-bond donors (Lipinski definition) is 2. The summed E-state index contributed by atoms with van der Waals surface area (Å²) in [4.78, 5) is 7.99. The molecular formula is C7H10N4. The fourth-order valence-electron chi connectivity index (χ4n) is 1.14. The first-order chi connectivity index (χ1) is 5.36. The second-order valence-corrected chi connectivity index (χ2v) is 2.71. The van der Waals surface area contributed by atoms with Gasteiger partial charge in [-0.1, -0.05) is 0 Å². The second kappa shape index (κ2) is 2.38. The van der Waals surface area contributed by atoms with E-state index in [9.17, 15) is 0 Å². The molecule has 1 aromatic heterocycles. The van der Waals surface area contributed by atoms with Crippen LogP contribution >= 0.6 is 0 Å². The van der Waals surface area contributed by atoms with Crippen LogP contribution in [0.15, 0.2) is 12.5 Å². The van der Waals surface area contributed by atoms with Crippen LogP contribution in [0.2, 0.25) is 0 Å². The number of hydrogen-bond acceptors (Lipinski definition) is 4. The van der Waals surface area contributed by atoms with Gasteiger partial charge in [0.25, 0.3) is 0 Å². The van der Waals surface area contributed by atoms with E-state index >= 15 is 0 Å². The Morgan fingerprint density at radius 1 is 1.64 bits per heavy atom. The maximum absolute atomic E-state index is 4.07. The van der Waals surface area contributed by atoms with Crippen molar-refractivity contribution in [3.8, 4) is 0 Å². The third-order valence-electron chi connectivity index (χ3n) is 1.69. The van der Waals surface area contributed by atoms with Gasteiger partial charge in [0.15, 0.2) is 5.82 Å². The molecule has 0 spiro atoms. The lowest BCUT2D eigenvalue weighted by Crippen LogP contribution is -2.30. The zero-order valence-electron chi connectivity index (χ0n) is 6.33. The summed E-state index contributed by atoms with van der Waals surface area (Å²) < 4.78 is 0. The predicted molar refractivity (Wildman–Crippen MR) is 43.6 cm³/mol. The van der Waals surface area contributed by atoms with E-state index in [0.717, 1.165) is 18.1 Å². The van der Waals surface area contributed by atoms with E-state index in [1.165, 1.54) is 0 Å². The summed E-state index contributed by atoms with van der Waals surface area (Å²) in [6.45, 7) is 3.03. The van der Waals surface area contributed by atoms with Crippen LogP contribution in [0.5, 0.6) is 0 Å². The highest BCUT2D eigenvalue weighted by atomic mass is 15.1. The van der Waals surface area contributed by atoms with Crippen molar-refractivity contribution >= 4 is 11.5 Å². The van der Waals surface area contributed by atoms with Crippen LogP contribution in [-0.2, 0) is 0 Å². The maximum Gasteiger partial charge on any atom is 0.152 e. The molecule has 4 heteroatoms. The zero-order valence-corrected chi connectivity index (χ0v) is 6.33. The van der Waals surface area contributed by atoms with Crippen LogP contribution in [0.4, 0.5) is 11.5 Å². The lowest BCUT2D eigenvalue weighted by molar-refractivity contribution is 0.806. The summed E-state index contributed by atoms with van der Waals surface area (Å²) >= 11 is 0. The van der Waals surface area contributed by atoms with E-state index in [0.29, 0.717) is 6.04 Å². The van der Waals surface area contributed by atoms with Crippen molar-refractivity contribution in [3.05, 3.63) is 12.5 Å². The largest absolute Gasteiger partial charge is 0.377 e. The van der Waals surface area contributed by atoms with E-state index in [4.69, 9.17) is 0 Å². The van der Waals surface area contributed by atoms with Gasteiger partial charge in [-0.25, -0.2) is 9.97 Å². The lowest BCUT2D eigenvalue weighted by Gasteiger charge is -2.23. The first-order valence-electron chi connectivity index (χ1n) is 3.66. The van der Waals surface area contributed by atoms with Gasteiger partial charge in [0.1, 0.15) is 6.33 Å². The van der Waals surface area contributed by atoms with Crippen LogP contribution in [0.3, 0.4) is 0 Å². The van der Waals surface area contributed by atoms with Crippen LogP contribution in [-0.4, -0.2) is 22.6 Å². The fraction of sp³-hybridized carbons (Fsp3) is 0.429. The Morgan fingerprint density at radius 2 is 2.55 bits per heavy atom. The highest BCUT2D eigenvalue weighted by molar-refractivity contribution is 5.65. The highest BCUT2D eigenvalue weighted by Crippen LogP contribution is 2.20. The molecule has 1 aliphatic heterocycles.